The molecule has 3 heterocycles. The first-order valence-corrected chi connectivity index (χ1v) is 14.3. The summed E-state index contributed by atoms with van der Waals surface area (Å²) in [4.78, 5) is 20.1. The number of carbonyl (C=O) groups excluding carboxylic acids is 1. The monoisotopic (exact) mass is 531 g/mol. The molecule has 1 aliphatic carbocycles. The molecule has 9 nitrogen and oxygen atoms in total. The van der Waals surface area contributed by atoms with E-state index in [-0.39, 0.29) is 10.8 Å². The molecule has 3 N–H and O–H groups in total. The predicted molar refractivity (Wildman–Crippen MR) is 147 cm³/mol. The molecule has 2 aromatic carbocycles. The van der Waals surface area contributed by atoms with Crippen LogP contribution in [0.2, 0.25) is 0 Å². The number of hydrogen-bond acceptors (Lipinski definition) is 7. The molecule has 1 aromatic heterocycles. The molecule has 2 aliphatic heterocycles. The third-order valence-electron chi connectivity index (χ3n) is 6.99. The van der Waals surface area contributed by atoms with Crippen LogP contribution in [0, 0.1) is 5.92 Å². The maximum Gasteiger partial charge on any atom is 0.258 e. The Morgan fingerprint density at radius 3 is 2.55 bits per heavy atom. The maximum atomic E-state index is 13.3. The van der Waals surface area contributed by atoms with Crippen LogP contribution in [0.1, 0.15) is 24.1 Å². The molecule has 10 heteroatoms. The second-order valence-corrected chi connectivity index (χ2v) is 11.5. The Morgan fingerprint density at radius 1 is 1.05 bits per heavy atom. The molecule has 6 rings (SSSR count). The van der Waals surface area contributed by atoms with Gasteiger partial charge in [0.05, 0.1) is 35.1 Å². The van der Waals surface area contributed by atoms with Crippen molar-refractivity contribution in [2.24, 2.45) is 5.92 Å². The lowest BCUT2D eigenvalue weighted by Crippen LogP contribution is -2.36. The van der Waals surface area contributed by atoms with E-state index >= 15 is 0 Å². The number of morpholine rings is 1. The quantitative estimate of drug-likeness (QED) is 0.381. The Kier molecular flexibility index (Phi) is 6.61. The van der Waals surface area contributed by atoms with Crippen molar-refractivity contribution in [3.63, 3.8) is 0 Å². The van der Waals surface area contributed by atoms with E-state index in [4.69, 9.17) is 4.74 Å². The summed E-state index contributed by atoms with van der Waals surface area (Å²) in [5.41, 5.74) is 4.38. The summed E-state index contributed by atoms with van der Waals surface area (Å²) >= 11 is 0. The van der Waals surface area contributed by atoms with Crippen LogP contribution in [0.3, 0.4) is 0 Å². The van der Waals surface area contributed by atoms with Gasteiger partial charge in [-0.15, -0.1) is 0 Å². The third kappa shape index (κ3) is 5.15. The first kappa shape index (κ1) is 24.6. The number of nitrogens with one attached hydrogen (secondary N) is 3. The smallest absolute Gasteiger partial charge is 0.258 e. The van der Waals surface area contributed by atoms with Crippen LogP contribution in [-0.2, 0) is 19.6 Å². The number of sulfonamides is 1. The van der Waals surface area contributed by atoms with Crippen LogP contribution < -0.4 is 20.3 Å². The van der Waals surface area contributed by atoms with Crippen LogP contribution in [-0.4, -0.2) is 52.2 Å². The Hall–Kier alpha value is -3.73. The summed E-state index contributed by atoms with van der Waals surface area (Å²) in [7, 11) is -3.70. The number of amides is 1. The van der Waals surface area contributed by atoms with Crippen molar-refractivity contribution in [3.05, 3.63) is 78.1 Å². The molecule has 0 radical (unpaired) electrons. The van der Waals surface area contributed by atoms with E-state index in [1.54, 1.807) is 18.3 Å². The second kappa shape index (κ2) is 10.2. The fourth-order valence-electron chi connectivity index (χ4n) is 4.68. The molecule has 3 aliphatic rings. The van der Waals surface area contributed by atoms with Gasteiger partial charge in [0, 0.05) is 48.5 Å². The number of carbonyl (C=O) groups is 1. The lowest BCUT2D eigenvalue weighted by molar-refractivity contribution is -0.110. The standard InChI is InChI=1S/C28H29N5O4S/c34-28-26(23-17-22(10-11-24(23)32-28)38(35,36)30-18-19-4-5-19)27(25-3-1-2-12-29-25)31-20-6-8-21(9-7-20)33-13-15-37-16-14-33/h1-3,6-12,17,19,30-31H,4-5,13-16,18H2,(H,32,34)/b27-26-. The number of fused-ring (bicyclic) bond motifs is 1. The molecule has 0 bridgehead atoms. The Morgan fingerprint density at radius 2 is 1.84 bits per heavy atom. The first-order chi connectivity index (χ1) is 18.5. The van der Waals surface area contributed by atoms with E-state index in [9.17, 15) is 13.2 Å². The highest BCUT2D eigenvalue weighted by molar-refractivity contribution is 7.89. The molecule has 1 amide bonds. The summed E-state index contributed by atoms with van der Waals surface area (Å²) in [6.45, 7) is 3.53. The molecule has 1 saturated heterocycles. The fraction of sp³-hybridized carbons (Fsp3) is 0.286. The minimum Gasteiger partial charge on any atom is -0.378 e. The Bertz CT molecular complexity index is 1480. The van der Waals surface area contributed by atoms with E-state index in [1.165, 1.54) is 6.07 Å². The topological polar surface area (TPSA) is 113 Å². The number of hydrogen-bond donors (Lipinski definition) is 3. The maximum absolute atomic E-state index is 13.3. The Labute approximate surface area is 222 Å². The fourth-order valence-corrected chi connectivity index (χ4v) is 5.82. The number of nitrogens with zero attached hydrogens (tertiary/aromatic N) is 2. The van der Waals surface area contributed by atoms with Crippen LogP contribution in [0.25, 0.3) is 11.3 Å². The number of benzene rings is 2. The highest BCUT2D eigenvalue weighted by Gasteiger charge is 2.31. The summed E-state index contributed by atoms with van der Waals surface area (Å²) in [5, 5.41) is 6.27. The average Bonchev–Trinajstić information content (AvgIpc) is 3.73. The molecule has 0 unspecified atom stereocenters. The van der Waals surface area contributed by atoms with Gasteiger partial charge in [0.15, 0.2) is 0 Å². The van der Waals surface area contributed by atoms with Crippen LogP contribution in [0.15, 0.2) is 71.8 Å². The van der Waals surface area contributed by atoms with Crippen molar-refractivity contribution < 1.29 is 17.9 Å². The van der Waals surface area contributed by atoms with Crippen LogP contribution in [0.4, 0.5) is 17.1 Å². The van der Waals surface area contributed by atoms with Gasteiger partial charge in [-0.25, -0.2) is 13.1 Å². The van der Waals surface area contributed by atoms with Gasteiger partial charge in [0.2, 0.25) is 10.0 Å². The number of rotatable bonds is 8. The molecular formula is C28H29N5O4S. The molecule has 2 fully saturated rings. The molecular weight excluding hydrogens is 502 g/mol. The highest BCUT2D eigenvalue weighted by atomic mass is 32.2. The number of aromatic nitrogens is 1. The van der Waals surface area contributed by atoms with Crippen LogP contribution in [0.5, 0.6) is 0 Å². The van der Waals surface area contributed by atoms with Crippen molar-refractivity contribution in [1.29, 1.82) is 0 Å². The first-order valence-electron chi connectivity index (χ1n) is 12.8. The molecule has 1 saturated carbocycles. The SMILES string of the molecule is O=C1Nc2ccc(S(=O)(=O)NCC3CC3)cc2/C1=C(/Nc1ccc(N2CCOCC2)cc1)c1ccccn1. The van der Waals surface area contributed by atoms with Gasteiger partial charge in [0.25, 0.3) is 5.91 Å². The average molecular weight is 532 g/mol. The van der Waals surface area contributed by atoms with Gasteiger partial charge in [-0.2, -0.15) is 0 Å². The zero-order valence-corrected chi connectivity index (χ0v) is 21.6. The van der Waals surface area contributed by atoms with Gasteiger partial charge in [-0.05, 0) is 73.4 Å². The summed E-state index contributed by atoms with van der Waals surface area (Å²) < 4.78 is 34.1. The molecule has 196 valence electrons. The van der Waals surface area contributed by atoms with Gasteiger partial charge in [0.1, 0.15) is 0 Å². The minimum absolute atomic E-state index is 0.126. The van der Waals surface area contributed by atoms with Gasteiger partial charge in [-0.1, -0.05) is 6.07 Å². The van der Waals surface area contributed by atoms with Crippen molar-refractivity contribution in [3.8, 4) is 0 Å². The van der Waals surface area contributed by atoms with Gasteiger partial charge in [-0.3, -0.25) is 9.78 Å². The van der Waals surface area contributed by atoms with E-state index in [0.29, 0.717) is 53.9 Å². The molecule has 0 atom stereocenters. The molecule has 3 aromatic rings. The van der Waals surface area contributed by atoms with Crippen molar-refractivity contribution >= 4 is 44.3 Å². The second-order valence-electron chi connectivity index (χ2n) is 9.69. The number of anilines is 3. The van der Waals surface area contributed by atoms with Crippen molar-refractivity contribution in [2.45, 2.75) is 17.7 Å². The van der Waals surface area contributed by atoms with E-state index < -0.39 is 10.0 Å². The van der Waals surface area contributed by atoms with Gasteiger partial charge < -0.3 is 20.3 Å². The minimum atomic E-state index is -3.70. The summed E-state index contributed by atoms with van der Waals surface area (Å²) in [6, 6.07) is 18.2. The highest BCUT2D eigenvalue weighted by Crippen LogP contribution is 2.38. The van der Waals surface area contributed by atoms with E-state index in [2.05, 4.69) is 25.2 Å². The van der Waals surface area contributed by atoms with Crippen molar-refractivity contribution in [1.82, 2.24) is 9.71 Å². The zero-order valence-electron chi connectivity index (χ0n) is 20.8. The normalized spacial score (nSPS) is 18.6. The predicted octanol–water partition coefficient (Wildman–Crippen LogP) is 3.54. The lowest BCUT2D eigenvalue weighted by Gasteiger charge is -2.29. The van der Waals surface area contributed by atoms with Gasteiger partial charge >= 0.3 is 0 Å². The van der Waals surface area contributed by atoms with E-state index in [1.807, 2.05) is 42.5 Å². The largest absolute Gasteiger partial charge is 0.378 e. The molecule has 0 spiro atoms. The number of pyridine rings is 1. The molecule has 38 heavy (non-hydrogen) atoms. The van der Waals surface area contributed by atoms with Crippen LogP contribution >= 0.6 is 0 Å². The summed E-state index contributed by atoms with van der Waals surface area (Å²) in [6.07, 6.45) is 3.75. The number of ether oxygens (including phenoxy) is 1. The van der Waals surface area contributed by atoms with E-state index in [0.717, 1.165) is 37.3 Å². The lowest BCUT2D eigenvalue weighted by atomic mass is 10.0. The third-order valence-corrected chi connectivity index (χ3v) is 8.41. The van der Waals surface area contributed by atoms with Crippen molar-refractivity contribution in [2.75, 3.05) is 48.4 Å². The zero-order chi connectivity index (χ0) is 26.1. The summed E-state index contributed by atoms with van der Waals surface area (Å²) in [5.74, 6) is 0.0890. The Balaban J connectivity index is 1.37.